The van der Waals surface area contributed by atoms with Crippen molar-refractivity contribution >= 4 is 21.4 Å². The Morgan fingerprint density at radius 1 is 1.08 bits per heavy atom. The van der Waals surface area contributed by atoms with Crippen LogP contribution in [0.2, 0.25) is 0 Å². The highest BCUT2D eigenvalue weighted by molar-refractivity contribution is 7.89. The molecule has 2 aromatic heterocycles. The van der Waals surface area contributed by atoms with Crippen molar-refractivity contribution in [2.24, 2.45) is 0 Å². The van der Waals surface area contributed by atoms with Gasteiger partial charge in [0.15, 0.2) is 0 Å². The molecule has 0 bridgehead atoms. The maximum Gasteiger partial charge on any atom is 0.241 e. The quantitative estimate of drug-likeness (QED) is 0.751. The lowest BCUT2D eigenvalue weighted by molar-refractivity contribution is 0.561. The van der Waals surface area contributed by atoms with Crippen LogP contribution in [0.1, 0.15) is 5.56 Å². The minimum Gasteiger partial charge on any atom is -0.264 e. The fourth-order valence-corrected chi connectivity index (χ4v) is 3.87. The zero-order valence-electron chi connectivity index (χ0n) is 12.2. The second kappa shape index (κ2) is 6.76. The Balaban J connectivity index is 1.79. The number of halogens is 2. The molecule has 0 radical (unpaired) electrons. The molecule has 0 unspecified atom stereocenters. The smallest absolute Gasteiger partial charge is 0.241 e. The van der Waals surface area contributed by atoms with E-state index in [1.165, 1.54) is 6.20 Å². The predicted molar refractivity (Wildman–Crippen MR) is 87.9 cm³/mol. The van der Waals surface area contributed by atoms with Crippen molar-refractivity contribution in [1.29, 1.82) is 0 Å². The van der Waals surface area contributed by atoms with Crippen LogP contribution in [0.5, 0.6) is 0 Å². The average molecular weight is 366 g/mol. The second-order valence-corrected chi connectivity index (χ2v) is 7.70. The summed E-state index contributed by atoms with van der Waals surface area (Å²) in [7, 11) is -4.03. The molecule has 0 aliphatic carbocycles. The van der Waals surface area contributed by atoms with Crippen molar-refractivity contribution in [3.8, 4) is 10.4 Å². The molecule has 124 valence electrons. The molecule has 8 heteroatoms. The van der Waals surface area contributed by atoms with Crippen LogP contribution < -0.4 is 4.72 Å². The van der Waals surface area contributed by atoms with Crippen LogP contribution in [0, 0.1) is 11.6 Å². The summed E-state index contributed by atoms with van der Waals surface area (Å²) in [5, 5.41) is 1.93. The van der Waals surface area contributed by atoms with E-state index >= 15 is 0 Å². The summed E-state index contributed by atoms with van der Waals surface area (Å²) in [6.45, 7) is -0.0350. The van der Waals surface area contributed by atoms with E-state index in [0.29, 0.717) is 11.6 Å². The van der Waals surface area contributed by atoms with E-state index in [-0.39, 0.29) is 6.54 Å². The van der Waals surface area contributed by atoms with Gasteiger partial charge in [-0.2, -0.15) is 0 Å². The molecular formula is C16H12F2N2O2S2. The average Bonchev–Trinajstić information content (AvgIpc) is 3.07. The first-order valence-corrected chi connectivity index (χ1v) is 9.24. The molecule has 2 heterocycles. The molecule has 0 aliphatic rings. The lowest BCUT2D eigenvalue weighted by Crippen LogP contribution is -2.23. The van der Waals surface area contributed by atoms with Gasteiger partial charge in [-0.15, -0.1) is 11.3 Å². The lowest BCUT2D eigenvalue weighted by atomic mass is 10.2. The van der Waals surface area contributed by atoms with Crippen LogP contribution in [-0.4, -0.2) is 13.4 Å². The second-order valence-electron chi connectivity index (χ2n) is 4.99. The minimum absolute atomic E-state index is 0.0350. The van der Waals surface area contributed by atoms with E-state index in [2.05, 4.69) is 9.71 Å². The molecule has 3 aromatic rings. The maximum absolute atomic E-state index is 13.2. The van der Waals surface area contributed by atoms with E-state index < -0.39 is 26.6 Å². The molecule has 0 amide bonds. The highest BCUT2D eigenvalue weighted by Crippen LogP contribution is 2.24. The zero-order chi connectivity index (χ0) is 17.2. The molecule has 24 heavy (non-hydrogen) atoms. The van der Waals surface area contributed by atoms with Crippen LogP contribution in [0.4, 0.5) is 8.78 Å². The summed E-state index contributed by atoms with van der Waals surface area (Å²) in [4.78, 5) is 4.65. The van der Waals surface area contributed by atoms with Gasteiger partial charge in [0.25, 0.3) is 0 Å². The van der Waals surface area contributed by atoms with Crippen molar-refractivity contribution in [1.82, 2.24) is 9.71 Å². The molecule has 1 N–H and O–H groups in total. The van der Waals surface area contributed by atoms with Crippen molar-refractivity contribution in [2.75, 3.05) is 0 Å². The third kappa shape index (κ3) is 3.84. The first kappa shape index (κ1) is 16.7. The highest BCUT2D eigenvalue weighted by atomic mass is 32.2. The fourth-order valence-electron chi connectivity index (χ4n) is 2.11. The summed E-state index contributed by atoms with van der Waals surface area (Å²) >= 11 is 1.55. The van der Waals surface area contributed by atoms with E-state index in [1.807, 2.05) is 23.6 Å². The first-order valence-electron chi connectivity index (χ1n) is 6.87. The van der Waals surface area contributed by atoms with Crippen LogP contribution in [0.3, 0.4) is 0 Å². The fraction of sp³-hybridized carbons (Fsp3) is 0.0625. The van der Waals surface area contributed by atoms with Crippen LogP contribution in [0.15, 0.2) is 59.1 Å². The SMILES string of the molecule is O=S(=O)(NCc1cncc(-c2cccs2)c1)c1cc(F)cc(F)c1. The number of nitrogens with one attached hydrogen (secondary N) is 1. The summed E-state index contributed by atoms with van der Waals surface area (Å²) in [6, 6.07) is 7.82. The van der Waals surface area contributed by atoms with Gasteiger partial charge in [-0.3, -0.25) is 4.98 Å². The van der Waals surface area contributed by atoms with Crippen LogP contribution in [0.25, 0.3) is 10.4 Å². The van der Waals surface area contributed by atoms with Gasteiger partial charge in [0, 0.05) is 35.4 Å². The van der Waals surface area contributed by atoms with E-state index in [1.54, 1.807) is 17.5 Å². The standard InChI is InChI=1S/C16H12F2N2O2S2/c17-13-5-14(18)7-15(6-13)24(21,22)20-9-11-4-12(10-19-8-11)16-2-1-3-23-16/h1-8,10,20H,9H2. The van der Waals surface area contributed by atoms with Gasteiger partial charge >= 0.3 is 0 Å². The number of aromatic nitrogens is 1. The Bertz CT molecular complexity index is 938. The van der Waals surface area contributed by atoms with Crippen LogP contribution >= 0.6 is 11.3 Å². The first-order chi connectivity index (χ1) is 11.4. The third-order valence-corrected chi connectivity index (χ3v) is 5.51. The summed E-state index contributed by atoms with van der Waals surface area (Å²) < 4.78 is 53.0. The number of sulfonamides is 1. The zero-order valence-corrected chi connectivity index (χ0v) is 13.9. The van der Waals surface area contributed by atoms with Crippen molar-refractivity contribution in [3.05, 3.63) is 71.4 Å². The highest BCUT2D eigenvalue weighted by Gasteiger charge is 2.16. The number of rotatable bonds is 5. The Kier molecular flexibility index (Phi) is 4.70. The number of thiophene rings is 1. The Hall–Kier alpha value is -2.16. The molecule has 3 rings (SSSR count). The number of pyridine rings is 1. The van der Waals surface area contributed by atoms with Gasteiger partial charge < -0.3 is 0 Å². The molecule has 0 atom stereocenters. The number of nitrogens with zero attached hydrogens (tertiary/aromatic N) is 1. The minimum atomic E-state index is -4.03. The third-order valence-electron chi connectivity index (χ3n) is 3.21. The largest absolute Gasteiger partial charge is 0.264 e. The Morgan fingerprint density at radius 3 is 2.50 bits per heavy atom. The molecule has 0 spiro atoms. The summed E-state index contributed by atoms with van der Waals surface area (Å²) in [5.74, 6) is -1.89. The van der Waals surface area contributed by atoms with Crippen molar-refractivity contribution in [2.45, 2.75) is 11.4 Å². The van der Waals surface area contributed by atoms with Gasteiger partial charge in [-0.1, -0.05) is 6.07 Å². The monoisotopic (exact) mass is 366 g/mol. The van der Waals surface area contributed by atoms with Gasteiger partial charge in [-0.25, -0.2) is 21.9 Å². The van der Waals surface area contributed by atoms with Crippen molar-refractivity contribution < 1.29 is 17.2 Å². The topological polar surface area (TPSA) is 59.1 Å². The van der Waals surface area contributed by atoms with Crippen molar-refractivity contribution in [3.63, 3.8) is 0 Å². The van der Waals surface area contributed by atoms with E-state index in [9.17, 15) is 17.2 Å². The molecule has 0 fully saturated rings. The number of benzene rings is 1. The molecule has 0 saturated carbocycles. The number of hydrogen-bond donors (Lipinski definition) is 1. The molecular weight excluding hydrogens is 354 g/mol. The summed E-state index contributed by atoms with van der Waals surface area (Å²) in [5.41, 5.74) is 1.51. The van der Waals surface area contributed by atoms with Gasteiger partial charge in [0.05, 0.1) is 4.90 Å². The normalized spacial score (nSPS) is 11.6. The molecule has 0 saturated heterocycles. The predicted octanol–water partition coefficient (Wildman–Crippen LogP) is 3.57. The van der Waals surface area contributed by atoms with E-state index in [4.69, 9.17) is 0 Å². The van der Waals surface area contributed by atoms with Crippen LogP contribution in [-0.2, 0) is 16.6 Å². The molecule has 1 aromatic carbocycles. The summed E-state index contributed by atoms with van der Waals surface area (Å²) in [6.07, 6.45) is 3.22. The van der Waals surface area contributed by atoms with Gasteiger partial charge in [-0.05, 0) is 35.2 Å². The van der Waals surface area contributed by atoms with E-state index in [0.717, 1.165) is 22.6 Å². The van der Waals surface area contributed by atoms with Gasteiger partial charge in [0.1, 0.15) is 11.6 Å². The molecule has 4 nitrogen and oxygen atoms in total. The molecule has 0 aliphatic heterocycles. The lowest BCUT2D eigenvalue weighted by Gasteiger charge is -2.08. The Labute approximate surface area is 141 Å². The number of hydrogen-bond acceptors (Lipinski definition) is 4. The van der Waals surface area contributed by atoms with Gasteiger partial charge in [0.2, 0.25) is 10.0 Å². The Morgan fingerprint density at radius 2 is 1.83 bits per heavy atom. The maximum atomic E-state index is 13.2.